The molecule has 1 aliphatic heterocycles. The van der Waals surface area contributed by atoms with Crippen LogP contribution in [-0.2, 0) is 9.59 Å². The van der Waals surface area contributed by atoms with Gasteiger partial charge in [-0.15, -0.1) is 0 Å². The zero-order valence-electron chi connectivity index (χ0n) is 12.5. The average molecular weight is 325 g/mol. The average Bonchev–Trinajstić information content (AvgIpc) is 2.47. The summed E-state index contributed by atoms with van der Waals surface area (Å²) in [5.74, 6) is 0.292. The lowest BCUT2D eigenvalue weighted by atomic mass is 9.96. The number of rotatable bonds is 5. The first-order valence-corrected chi connectivity index (χ1v) is 8.47. The Morgan fingerprint density at radius 2 is 2.09 bits per heavy atom. The molecule has 0 radical (unpaired) electrons. The maximum absolute atomic E-state index is 12.9. The molecule has 0 bridgehead atoms. The lowest BCUT2D eigenvalue weighted by molar-refractivity contribution is -0.140. The SMILES string of the molecule is CC(CC(=O)N1CCSCC1CC(=O)O)c1ccc(F)cc1. The normalized spacial score (nSPS) is 19.7. The van der Waals surface area contributed by atoms with Gasteiger partial charge in [-0.25, -0.2) is 4.39 Å². The molecule has 120 valence electrons. The van der Waals surface area contributed by atoms with Crippen LogP contribution >= 0.6 is 11.8 Å². The summed E-state index contributed by atoms with van der Waals surface area (Å²) in [6.45, 7) is 2.52. The highest BCUT2D eigenvalue weighted by Crippen LogP contribution is 2.24. The monoisotopic (exact) mass is 325 g/mol. The van der Waals surface area contributed by atoms with E-state index in [0.29, 0.717) is 18.7 Å². The molecule has 1 saturated heterocycles. The molecule has 1 fully saturated rings. The van der Waals surface area contributed by atoms with Crippen molar-refractivity contribution in [2.45, 2.75) is 31.7 Å². The van der Waals surface area contributed by atoms with Gasteiger partial charge in [0, 0.05) is 24.5 Å². The maximum Gasteiger partial charge on any atom is 0.305 e. The highest BCUT2D eigenvalue weighted by atomic mass is 32.2. The van der Waals surface area contributed by atoms with E-state index in [1.165, 1.54) is 12.1 Å². The van der Waals surface area contributed by atoms with Crippen LogP contribution in [0.4, 0.5) is 4.39 Å². The van der Waals surface area contributed by atoms with Gasteiger partial charge in [0.1, 0.15) is 5.82 Å². The van der Waals surface area contributed by atoms with Crippen molar-refractivity contribution in [3.63, 3.8) is 0 Å². The van der Waals surface area contributed by atoms with Crippen molar-refractivity contribution in [1.29, 1.82) is 0 Å². The van der Waals surface area contributed by atoms with E-state index in [9.17, 15) is 14.0 Å². The van der Waals surface area contributed by atoms with Crippen molar-refractivity contribution in [3.8, 4) is 0 Å². The van der Waals surface area contributed by atoms with Gasteiger partial charge in [-0.3, -0.25) is 9.59 Å². The minimum atomic E-state index is -0.878. The second kappa shape index (κ2) is 7.63. The van der Waals surface area contributed by atoms with Crippen LogP contribution in [0.2, 0.25) is 0 Å². The van der Waals surface area contributed by atoms with Crippen LogP contribution in [-0.4, -0.2) is 46.0 Å². The number of hydrogen-bond donors (Lipinski definition) is 1. The van der Waals surface area contributed by atoms with E-state index in [0.717, 1.165) is 11.3 Å². The van der Waals surface area contributed by atoms with Crippen molar-refractivity contribution >= 4 is 23.6 Å². The minimum absolute atomic E-state index is 0.0102. The largest absolute Gasteiger partial charge is 0.481 e. The fourth-order valence-corrected chi connectivity index (χ4v) is 3.70. The third-order valence-electron chi connectivity index (χ3n) is 3.88. The standard InChI is InChI=1S/C16H20FNO3S/c1-11(12-2-4-13(17)5-3-12)8-15(19)18-6-7-22-10-14(18)9-16(20)21/h2-5,11,14H,6-10H2,1H3,(H,20,21). The number of aliphatic carboxylic acids is 1. The van der Waals surface area contributed by atoms with Gasteiger partial charge in [0.15, 0.2) is 0 Å². The van der Waals surface area contributed by atoms with Crippen molar-refractivity contribution in [2.24, 2.45) is 0 Å². The van der Waals surface area contributed by atoms with Gasteiger partial charge in [0.05, 0.1) is 12.5 Å². The van der Waals surface area contributed by atoms with Crippen LogP contribution in [0.15, 0.2) is 24.3 Å². The summed E-state index contributed by atoms with van der Waals surface area (Å²) in [6.07, 6.45) is 0.302. The molecular weight excluding hydrogens is 305 g/mol. The Kier molecular flexibility index (Phi) is 5.83. The zero-order valence-corrected chi connectivity index (χ0v) is 13.3. The molecule has 4 nitrogen and oxygen atoms in total. The molecule has 1 aromatic rings. The van der Waals surface area contributed by atoms with Crippen LogP contribution in [0, 0.1) is 5.82 Å². The second-order valence-corrected chi connectivity index (χ2v) is 6.72. The van der Waals surface area contributed by atoms with Gasteiger partial charge < -0.3 is 10.0 Å². The molecule has 1 aromatic carbocycles. The lowest BCUT2D eigenvalue weighted by Gasteiger charge is -2.35. The van der Waals surface area contributed by atoms with E-state index in [4.69, 9.17) is 5.11 Å². The van der Waals surface area contributed by atoms with Crippen LogP contribution < -0.4 is 0 Å². The van der Waals surface area contributed by atoms with Crippen molar-refractivity contribution < 1.29 is 19.1 Å². The van der Waals surface area contributed by atoms with E-state index in [1.54, 1.807) is 28.8 Å². The van der Waals surface area contributed by atoms with E-state index in [1.807, 2.05) is 6.92 Å². The number of halogens is 1. The van der Waals surface area contributed by atoms with Crippen molar-refractivity contribution in [2.75, 3.05) is 18.1 Å². The van der Waals surface area contributed by atoms with Crippen LogP contribution in [0.3, 0.4) is 0 Å². The molecule has 22 heavy (non-hydrogen) atoms. The number of hydrogen-bond acceptors (Lipinski definition) is 3. The highest BCUT2D eigenvalue weighted by Gasteiger charge is 2.29. The summed E-state index contributed by atoms with van der Waals surface area (Å²) in [7, 11) is 0. The second-order valence-electron chi connectivity index (χ2n) is 5.57. The fourth-order valence-electron chi connectivity index (χ4n) is 2.64. The molecule has 1 N–H and O–H groups in total. The number of thioether (sulfide) groups is 1. The molecule has 0 aliphatic carbocycles. The van der Waals surface area contributed by atoms with Gasteiger partial charge in [0.2, 0.25) is 5.91 Å². The molecule has 2 rings (SSSR count). The minimum Gasteiger partial charge on any atom is -0.481 e. The molecular formula is C16H20FNO3S. The Hall–Kier alpha value is -1.56. The smallest absolute Gasteiger partial charge is 0.305 e. The highest BCUT2D eigenvalue weighted by molar-refractivity contribution is 7.99. The first kappa shape index (κ1) is 16.8. The quantitative estimate of drug-likeness (QED) is 0.904. The zero-order chi connectivity index (χ0) is 16.1. The Morgan fingerprint density at radius 3 is 2.73 bits per heavy atom. The first-order chi connectivity index (χ1) is 10.5. The number of carbonyl (C=O) groups excluding carboxylic acids is 1. The van der Waals surface area contributed by atoms with E-state index in [2.05, 4.69) is 0 Å². The summed E-state index contributed by atoms with van der Waals surface area (Å²) in [6, 6.07) is 5.92. The van der Waals surface area contributed by atoms with Gasteiger partial charge in [-0.05, 0) is 23.6 Å². The van der Waals surface area contributed by atoms with Gasteiger partial charge in [-0.1, -0.05) is 19.1 Å². The molecule has 0 spiro atoms. The molecule has 6 heteroatoms. The molecule has 0 saturated carbocycles. The predicted octanol–water partition coefficient (Wildman–Crippen LogP) is 2.74. The Labute approximate surface area is 133 Å². The summed E-state index contributed by atoms with van der Waals surface area (Å²) in [4.78, 5) is 25.1. The number of carboxylic acid groups (broad SMARTS) is 1. The van der Waals surface area contributed by atoms with Crippen LogP contribution in [0.25, 0.3) is 0 Å². The van der Waals surface area contributed by atoms with E-state index < -0.39 is 5.97 Å². The summed E-state index contributed by atoms with van der Waals surface area (Å²) in [5.41, 5.74) is 0.913. The third kappa shape index (κ3) is 4.47. The van der Waals surface area contributed by atoms with Crippen LogP contribution in [0.5, 0.6) is 0 Å². The lowest BCUT2D eigenvalue weighted by Crippen LogP contribution is -2.47. The Balaban J connectivity index is 1.99. The number of nitrogens with zero attached hydrogens (tertiary/aromatic N) is 1. The third-order valence-corrected chi connectivity index (χ3v) is 4.97. The van der Waals surface area contributed by atoms with Gasteiger partial charge in [0.25, 0.3) is 0 Å². The van der Waals surface area contributed by atoms with Crippen molar-refractivity contribution in [1.82, 2.24) is 4.90 Å². The van der Waals surface area contributed by atoms with Crippen LogP contribution in [0.1, 0.15) is 31.2 Å². The van der Waals surface area contributed by atoms with E-state index in [-0.39, 0.29) is 30.1 Å². The van der Waals surface area contributed by atoms with Crippen molar-refractivity contribution in [3.05, 3.63) is 35.6 Å². The summed E-state index contributed by atoms with van der Waals surface area (Å²) < 4.78 is 12.9. The van der Waals surface area contributed by atoms with E-state index >= 15 is 0 Å². The fraction of sp³-hybridized carbons (Fsp3) is 0.500. The Bertz CT molecular complexity index is 535. The number of carboxylic acids is 1. The topological polar surface area (TPSA) is 57.6 Å². The Morgan fingerprint density at radius 1 is 1.41 bits per heavy atom. The molecule has 1 heterocycles. The molecule has 1 amide bonds. The van der Waals surface area contributed by atoms with Gasteiger partial charge in [-0.2, -0.15) is 11.8 Å². The first-order valence-electron chi connectivity index (χ1n) is 7.32. The molecule has 2 atom stereocenters. The molecule has 0 aromatic heterocycles. The molecule has 1 aliphatic rings. The summed E-state index contributed by atoms with van der Waals surface area (Å²) >= 11 is 1.68. The predicted molar refractivity (Wildman–Crippen MR) is 84.5 cm³/mol. The number of carbonyl (C=O) groups is 2. The maximum atomic E-state index is 12.9. The molecule has 2 unspecified atom stereocenters. The van der Waals surface area contributed by atoms with Gasteiger partial charge >= 0.3 is 5.97 Å². The number of benzene rings is 1. The number of amides is 1. The summed E-state index contributed by atoms with van der Waals surface area (Å²) in [5, 5.41) is 8.97.